The minimum absolute atomic E-state index is 1.14. The number of hydrogen-bond acceptors (Lipinski definition) is 0. The molecule has 0 nitrogen and oxygen atoms in total. The molecule has 3 aromatic carbocycles. The van der Waals surface area contributed by atoms with E-state index in [1.807, 2.05) is 0 Å². The van der Waals surface area contributed by atoms with Gasteiger partial charge in [-0.1, -0.05) is 80.1 Å². The number of rotatable bonds is 3. The zero-order valence-electron chi connectivity index (χ0n) is 12.3. The molecule has 0 spiro atoms. The molecule has 3 aromatic rings. The van der Waals surface area contributed by atoms with Gasteiger partial charge in [0.05, 0.1) is 0 Å². The number of hydrogen-bond donors (Lipinski definition) is 0. The third kappa shape index (κ3) is 1.83. The molecular weight excluding hydrogens is 252 g/mol. The van der Waals surface area contributed by atoms with Gasteiger partial charge < -0.3 is 0 Å². The second kappa shape index (κ2) is 4.89. The van der Waals surface area contributed by atoms with Crippen molar-refractivity contribution in [3.8, 4) is 0 Å². The lowest BCUT2D eigenvalue weighted by atomic mass is 9.95. The SMILES string of the molecule is CCCC1=C(c2ccccc2)c2cccc3cccc1c23. The van der Waals surface area contributed by atoms with E-state index in [1.165, 1.54) is 45.0 Å². The second-order valence-corrected chi connectivity index (χ2v) is 5.68. The van der Waals surface area contributed by atoms with Gasteiger partial charge in [-0.05, 0) is 45.0 Å². The molecule has 0 heteroatoms. The van der Waals surface area contributed by atoms with Crippen LogP contribution in [0.5, 0.6) is 0 Å². The van der Waals surface area contributed by atoms with E-state index in [4.69, 9.17) is 0 Å². The quantitative estimate of drug-likeness (QED) is 0.554. The maximum Gasteiger partial charge on any atom is -0.00295 e. The molecule has 102 valence electrons. The smallest absolute Gasteiger partial charge is 0.00295 e. The standard InChI is InChI=1S/C21H18/c1-2-8-17-18-13-6-11-16-12-7-14-19(21(16)18)20(17)15-9-4-3-5-10-15/h3-7,9-14H,2,8H2,1H3. The zero-order valence-corrected chi connectivity index (χ0v) is 12.3. The van der Waals surface area contributed by atoms with Gasteiger partial charge in [0.25, 0.3) is 0 Å². The molecule has 0 radical (unpaired) electrons. The summed E-state index contributed by atoms with van der Waals surface area (Å²) in [4.78, 5) is 0. The summed E-state index contributed by atoms with van der Waals surface area (Å²) in [5, 5.41) is 2.78. The third-order valence-electron chi connectivity index (χ3n) is 4.36. The molecule has 21 heavy (non-hydrogen) atoms. The summed E-state index contributed by atoms with van der Waals surface area (Å²) in [5.74, 6) is 0. The van der Waals surface area contributed by atoms with Crippen molar-refractivity contribution in [1.82, 2.24) is 0 Å². The predicted molar refractivity (Wildman–Crippen MR) is 91.2 cm³/mol. The van der Waals surface area contributed by atoms with Gasteiger partial charge in [-0.2, -0.15) is 0 Å². The topological polar surface area (TPSA) is 0 Å². The Bertz CT molecular complexity index is 833. The van der Waals surface area contributed by atoms with Crippen LogP contribution in [-0.4, -0.2) is 0 Å². The van der Waals surface area contributed by atoms with Crippen LogP contribution in [0.15, 0.2) is 66.7 Å². The average Bonchev–Trinajstić information content (AvgIpc) is 2.85. The van der Waals surface area contributed by atoms with Crippen LogP contribution in [0.4, 0.5) is 0 Å². The Morgan fingerprint density at radius 3 is 2.14 bits per heavy atom. The van der Waals surface area contributed by atoms with Crippen LogP contribution in [-0.2, 0) is 0 Å². The van der Waals surface area contributed by atoms with Crippen molar-refractivity contribution in [3.63, 3.8) is 0 Å². The first-order valence-corrected chi connectivity index (χ1v) is 7.71. The Kier molecular flexibility index (Phi) is 2.89. The molecule has 0 bridgehead atoms. The lowest BCUT2D eigenvalue weighted by Gasteiger charge is -2.09. The van der Waals surface area contributed by atoms with Crippen LogP contribution in [0.3, 0.4) is 0 Å². The summed E-state index contributed by atoms with van der Waals surface area (Å²) in [6, 6.07) is 24.2. The normalized spacial score (nSPS) is 13.2. The van der Waals surface area contributed by atoms with E-state index in [-0.39, 0.29) is 0 Å². The molecule has 0 amide bonds. The van der Waals surface area contributed by atoms with Crippen molar-refractivity contribution in [2.75, 3.05) is 0 Å². The first kappa shape index (κ1) is 12.4. The largest absolute Gasteiger partial charge is 0.0651 e. The minimum atomic E-state index is 1.14. The summed E-state index contributed by atoms with van der Waals surface area (Å²) in [7, 11) is 0. The Hall–Kier alpha value is -2.34. The van der Waals surface area contributed by atoms with Crippen LogP contribution >= 0.6 is 0 Å². The molecule has 4 rings (SSSR count). The van der Waals surface area contributed by atoms with Crippen molar-refractivity contribution in [2.45, 2.75) is 19.8 Å². The van der Waals surface area contributed by atoms with E-state index >= 15 is 0 Å². The molecule has 0 saturated heterocycles. The highest BCUT2D eigenvalue weighted by atomic mass is 14.3. The van der Waals surface area contributed by atoms with Crippen LogP contribution in [0, 0.1) is 0 Å². The van der Waals surface area contributed by atoms with Gasteiger partial charge in [-0.3, -0.25) is 0 Å². The molecule has 0 atom stereocenters. The summed E-state index contributed by atoms with van der Waals surface area (Å²) < 4.78 is 0. The van der Waals surface area contributed by atoms with Gasteiger partial charge in [0.15, 0.2) is 0 Å². The van der Waals surface area contributed by atoms with Gasteiger partial charge in [-0.15, -0.1) is 0 Å². The van der Waals surface area contributed by atoms with E-state index < -0.39 is 0 Å². The molecular formula is C21H18. The summed E-state index contributed by atoms with van der Waals surface area (Å²) in [5.41, 5.74) is 7.12. The second-order valence-electron chi connectivity index (χ2n) is 5.68. The first-order valence-electron chi connectivity index (χ1n) is 7.71. The van der Waals surface area contributed by atoms with Crippen LogP contribution in [0.1, 0.15) is 36.5 Å². The van der Waals surface area contributed by atoms with Gasteiger partial charge >= 0.3 is 0 Å². The Labute approximate surface area is 125 Å². The first-order chi connectivity index (χ1) is 10.4. The lowest BCUT2D eigenvalue weighted by Crippen LogP contribution is -1.87. The van der Waals surface area contributed by atoms with Gasteiger partial charge in [0.1, 0.15) is 0 Å². The molecule has 1 aliphatic carbocycles. The fourth-order valence-corrected chi connectivity index (χ4v) is 3.54. The lowest BCUT2D eigenvalue weighted by molar-refractivity contribution is 0.977. The van der Waals surface area contributed by atoms with Gasteiger partial charge in [0, 0.05) is 0 Å². The highest BCUT2D eigenvalue weighted by Crippen LogP contribution is 2.46. The molecule has 0 heterocycles. The van der Waals surface area contributed by atoms with Crippen molar-refractivity contribution in [1.29, 1.82) is 0 Å². The molecule has 1 aliphatic rings. The molecule has 0 unspecified atom stereocenters. The third-order valence-corrected chi connectivity index (χ3v) is 4.36. The monoisotopic (exact) mass is 270 g/mol. The summed E-state index contributed by atoms with van der Waals surface area (Å²) in [6.07, 6.45) is 2.31. The summed E-state index contributed by atoms with van der Waals surface area (Å²) in [6.45, 7) is 2.26. The average molecular weight is 270 g/mol. The predicted octanol–water partition coefficient (Wildman–Crippen LogP) is 5.91. The van der Waals surface area contributed by atoms with E-state index in [2.05, 4.69) is 73.7 Å². The van der Waals surface area contributed by atoms with E-state index in [0.29, 0.717) is 0 Å². The molecule has 0 aliphatic heterocycles. The van der Waals surface area contributed by atoms with Crippen molar-refractivity contribution in [3.05, 3.63) is 83.4 Å². The maximum atomic E-state index is 2.28. The summed E-state index contributed by atoms with van der Waals surface area (Å²) >= 11 is 0. The fourth-order valence-electron chi connectivity index (χ4n) is 3.54. The highest BCUT2D eigenvalue weighted by Gasteiger charge is 2.23. The van der Waals surface area contributed by atoms with Crippen molar-refractivity contribution < 1.29 is 0 Å². The van der Waals surface area contributed by atoms with Gasteiger partial charge in [-0.25, -0.2) is 0 Å². The number of allylic oxidation sites excluding steroid dienone is 1. The van der Waals surface area contributed by atoms with E-state index in [9.17, 15) is 0 Å². The van der Waals surface area contributed by atoms with Crippen LogP contribution < -0.4 is 0 Å². The maximum absolute atomic E-state index is 2.28. The van der Waals surface area contributed by atoms with E-state index in [1.54, 1.807) is 0 Å². The number of benzene rings is 3. The molecule has 0 saturated carbocycles. The van der Waals surface area contributed by atoms with Gasteiger partial charge in [0.2, 0.25) is 0 Å². The Morgan fingerprint density at radius 1 is 0.714 bits per heavy atom. The van der Waals surface area contributed by atoms with Crippen LogP contribution in [0.25, 0.3) is 21.9 Å². The minimum Gasteiger partial charge on any atom is -0.0651 e. The Balaban J connectivity index is 2.07. The fraction of sp³-hybridized carbons (Fsp3) is 0.143. The van der Waals surface area contributed by atoms with Crippen LogP contribution in [0.2, 0.25) is 0 Å². The molecule has 0 N–H and O–H groups in total. The highest BCUT2D eigenvalue weighted by molar-refractivity contribution is 6.17. The van der Waals surface area contributed by atoms with E-state index in [0.717, 1.165) is 6.42 Å². The zero-order chi connectivity index (χ0) is 14.2. The van der Waals surface area contributed by atoms with Crippen molar-refractivity contribution in [2.24, 2.45) is 0 Å². The molecule has 0 aromatic heterocycles. The Morgan fingerprint density at radius 2 is 1.43 bits per heavy atom. The molecule has 0 fully saturated rings. The van der Waals surface area contributed by atoms with Crippen molar-refractivity contribution >= 4 is 21.9 Å².